The van der Waals surface area contributed by atoms with E-state index in [1.54, 1.807) is 0 Å². The zero-order chi connectivity index (χ0) is 12.4. The number of rotatable bonds is 1. The van der Waals surface area contributed by atoms with E-state index >= 15 is 0 Å². The Morgan fingerprint density at radius 2 is 1.76 bits per heavy atom. The van der Waals surface area contributed by atoms with Gasteiger partial charge in [0, 0.05) is 37.1 Å². The average molecular weight is 234 g/mol. The van der Waals surface area contributed by atoms with E-state index in [1.165, 1.54) is 6.42 Å². The molecule has 1 aliphatic rings. The topological polar surface area (TPSA) is 32.3 Å². The fourth-order valence-electron chi connectivity index (χ4n) is 2.22. The van der Waals surface area contributed by atoms with Crippen molar-refractivity contribution in [2.75, 3.05) is 31.6 Å². The van der Waals surface area contributed by atoms with Gasteiger partial charge in [0.2, 0.25) is 5.95 Å². The van der Waals surface area contributed by atoms with Gasteiger partial charge in [-0.25, -0.2) is 9.97 Å². The first-order chi connectivity index (χ1) is 8.06. The molecule has 1 saturated heterocycles. The van der Waals surface area contributed by atoms with Crippen LogP contribution in [0.2, 0.25) is 0 Å². The molecule has 17 heavy (non-hydrogen) atoms. The first-order valence-electron chi connectivity index (χ1n) is 6.34. The van der Waals surface area contributed by atoms with E-state index in [4.69, 9.17) is 0 Å². The summed E-state index contributed by atoms with van der Waals surface area (Å²) in [5.41, 5.74) is 2.11. The maximum Gasteiger partial charge on any atom is 0.225 e. The van der Waals surface area contributed by atoms with Crippen molar-refractivity contribution < 1.29 is 0 Å². The third-order valence-corrected chi connectivity index (χ3v) is 3.55. The number of aromatic nitrogens is 2. The first kappa shape index (κ1) is 12.3. The highest BCUT2D eigenvalue weighted by Gasteiger charge is 2.19. The summed E-state index contributed by atoms with van der Waals surface area (Å²) in [5.74, 6) is 0.894. The molecule has 4 heteroatoms. The van der Waals surface area contributed by atoms with Crippen LogP contribution >= 0.6 is 0 Å². The highest BCUT2D eigenvalue weighted by atomic mass is 15.3. The van der Waals surface area contributed by atoms with E-state index in [2.05, 4.69) is 33.7 Å². The molecule has 1 aromatic heterocycles. The Balaban J connectivity index is 2.16. The fraction of sp³-hybridized carbons (Fsp3) is 0.692. The van der Waals surface area contributed by atoms with Crippen LogP contribution in [0.5, 0.6) is 0 Å². The van der Waals surface area contributed by atoms with Crippen molar-refractivity contribution in [2.24, 2.45) is 0 Å². The van der Waals surface area contributed by atoms with Crippen LogP contribution < -0.4 is 4.90 Å². The lowest BCUT2D eigenvalue weighted by Crippen LogP contribution is -2.31. The number of likely N-dealkylation sites (N-methyl/N-ethyl adjacent to an activating group) is 1. The molecular weight excluding hydrogens is 212 g/mol. The Hall–Kier alpha value is -1.16. The van der Waals surface area contributed by atoms with Crippen LogP contribution in [0, 0.1) is 13.8 Å². The van der Waals surface area contributed by atoms with Gasteiger partial charge in [0.25, 0.3) is 0 Å². The molecule has 1 unspecified atom stereocenters. The van der Waals surface area contributed by atoms with E-state index in [1.807, 2.05) is 19.9 Å². The number of nitrogens with zero attached hydrogens (tertiary/aromatic N) is 4. The summed E-state index contributed by atoms with van der Waals surface area (Å²) in [7, 11) is 2.19. The SMILES string of the molecule is Cc1cc(C)nc(N2CCC(C)N(C)CC2)n1. The summed E-state index contributed by atoms with van der Waals surface area (Å²) >= 11 is 0. The molecule has 0 bridgehead atoms. The second kappa shape index (κ2) is 5.00. The largest absolute Gasteiger partial charge is 0.339 e. The van der Waals surface area contributed by atoms with Gasteiger partial charge < -0.3 is 9.80 Å². The molecule has 1 aromatic rings. The predicted molar refractivity (Wildman–Crippen MR) is 70.4 cm³/mol. The first-order valence-corrected chi connectivity index (χ1v) is 6.34. The van der Waals surface area contributed by atoms with E-state index in [0.717, 1.165) is 37.0 Å². The summed E-state index contributed by atoms with van der Waals surface area (Å²) < 4.78 is 0. The van der Waals surface area contributed by atoms with Crippen molar-refractivity contribution in [2.45, 2.75) is 33.2 Å². The van der Waals surface area contributed by atoms with Gasteiger partial charge in [0.05, 0.1) is 0 Å². The Kier molecular flexibility index (Phi) is 3.62. The highest BCUT2D eigenvalue weighted by molar-refractivity contribution is 5.32. The molecule has 94 valence electrons. The summed E-state index contributed by atoms with van der Waals surface area (Å²) in [4.78, 5) is 13.8. The van der Waals surface area contributed by atoms with E-state index in [9.17, 15) is 0 Å². The summed E-state index contributed by atoms with van der Waals surface area (Å²) in [6.45, 7) is 9.50. The molecule has 0 amide bonds. The smallest absolute Gasteiger partial charge is 0.225 e. The highest BCUT2D eigenvalue weighted by Crippen LogP contribution is 2.15. The lowest BCUT2D eigenvalue weighted by atomic mass is 10.2. The maximum absolute atomic E-state index is 4.55. The van der Waals surface area contributed by atoms with Crippen LogP contribution in [0.4, 0.5) is 5.95 Å². The van der Waals surface area contributed by atoms with Crippen LogP contribution in [0.3, 0.4) is 0 Å². The Morgan fingerprint density at radius 3 is 2.41 bits per heavy atom. The van der Waals surface area contributed by atoms with Gasteiger partial charge in [-0.15, -0.1) is 0 Å². The lowest BCUT2D eigenvalue weighted by Gasteiger charge is -2.21. The van der Waals surface area contributed by atoms with Crippen LogP contribution in [0.1, 0.15) is 24.7 Å². The van der Waals surface area contributed by atoms with E-state index in [0.29, 0.717) is 6.04 Å². The number of aryl methyl sites for hydroxylation is 2. The minimum Gasteiger partial charge on any atom is -0.339 e. The molecule has 0 spiro atoms. The monoisotopic (exact) mass is 234 g/mol. The standard InChI is InChI=1S/C13H22N4/c1-10-9-11(2)15-13(14-10)17-6-5-12(3)16(4)7-8-17/h9,12H,5-8H2,1-4H3. The Labute approximate surface area is 104 Å². The molecule has 0 aromatic carbocycles. The molecule has 0 N–H and O–H groups in total. The van der Waals surface area contributed by atoms with E-state index < -0.39 is 0 Å². The number of anilines is 1. The fourth-order valence-corrected chi connectivity index (χ4v) is 2.22. The third-order valence-electron chi connectivity index (χ3n) is 3.55. The number of hydrogen-bond donors (Lipinski definition) is 0. The molecule has 1 atom stereocenters. The molecule has 4 nitrogen and oxygen atoms in total. The second-order valence-electron chi connectivity index (χ2n) is 5.06. The van der Waals surface area contributed by atoms with Crippen LogP contribution in [-0.2, 0) is 0 Å². The molecule has 0 saturated carbocycles. The summed E-state index contributed by atoms with van der Waals surface area (Å²) in [5, 5.41) is 0. The minimum absolute atomic E-state index is 0.644. The van der Waals surface area contributed by atoms with Crippen molar-refractivity contribution in [3.63, 3.8) is 0 Å². The average Bonchev–Trinajstić information content (AvgIpc) is 2.41. The molecule has 1 fully saturated rings. The Bertz CT molecular complexity index is 359. The predicted octanol–water partition coefficient (Wildman–Crippen LogP) is 1.62. The lowest BCUT2D eigenvalue weighted by molar-refractivity contribution is 0.272. The van der Waals surface area contributed by atoms with Gasteiger partial charge in [-0.1, -0.05) is 0 Å². The quantitative estimate of drug-likeness (QED) is 0.739. The van der Waals surface area contributed by atoms with E-state index in [-0.39, 0.29) is 0 Å². The zero-order valence-corrected chi connectivity index (χ0v) is 11.3. The molecule has 0 aliphatic carbocycles. The normalized spacial score (nSPS) is 22.6. The molecule has 0 radical (unpaired) electrons. The van der Waals surface area contributed by atoms with Crippen LogP contribution in [-0.4, -0.2) is 47.6 Å². The summed E-state index contributed by atoms with van der Waals surface area (Å²) in [6, 6.07) is 2.67. The molecule has 2 heterocycles. The maximum atomic E-state index is 4.55. The summed E-state index contributed by atoms with van der Waals surface area (Å²) in [6.07, 6.45) is 1.17. The van der Waals surface area contributed by atoms with Gasteiger partial charge >= 0.3 is 0 Å². The van der Waals surface area contributed by atoms with Crippen molar-refractivity contribution >= 4 is 5.95 Å². The Morgan fingerprint density at radius 1 is 1.12 bits per heavy atom. The van der Waals surface area contributed by atoms with Crippen molar-refractivity contribution in [1.82, 2.24) is 14.9 Å². The van der Waals surface area contributed by atoms with Gasteiger partial charge in [0.15, 0.2) is 0 Å². The zero-order valence-electron chi connectivity index (χ0n) is 11.3. The second-order valence-corrected chi connectivity index (χ2v) is 5.06. The van der Waals surface area contributed by atoms with Crippen molar-refractivity contribution in [3.05, 3.63) is 17.5 Å². The van der Waals surface area contributed by atoms with Gasteiger partial charge in [-0.2, -0.15) is 0 Å². The third kappa shape index (κ3) is 2.94. The molecule has 2 rings (SSSR count). The van der Waals surface area contributed by atoms with Gasteiger partial charge in [-0.05, 0) is 40.3 Å². The van der Waals surface area contributed by atoms with Gasteiger partial charge in [-0.3, -0.25) is 0 Å². The number of hydrogen-bond acceptors (Lipinski definition) is 4. The minimum atomic E-state index is 0.644. The molecular formula is C13H22N4. The van der Waals surface area contributed by atoms with Crippen molar-refractivity contribution in [3.8, 4) is 0 Å². The van der Waals surface area contributed by atoms with Crippen molar-refractivity contribution in [1.29, 1.82) is 0 Å². The van der Waals surface area contributed by atoms with Crippen LogP contribution in [0.15, 0.2) is 6.07 Å². The van der Waals surface area contributed by atoms with Gasteiger partial charge in [0.1, 0.15) is 0 Å². The van der Waals surface area contributed by atoms with Crippen LogP contribution in [0.25, 0.3) is 0 Å². The molecule has 1 aliphatic heterocycles.